The molecule has 148 valence electrons. The zero-order valence-electron chi connectivity index (χ0n) is 16.4. The summed E-state index contributed by atoms with van der Waals surface area (Å²) >= 11 is 0. The summed E-state index contributed by atoms with van der Waals surface area (Å²) in [5.74, 6) is -0.151. The number of hydrogen-bond donors (Lipinski definition) is 2. The summed E-state index contributed by atoms with van der Waals surface area (Å²) in [7, 11) is 2.14. The van der Waals surface area contributed by atoms with Gasteiger partial charge in [-0.1, -0.05) is 18.2 Å². The molecule has 1 saturated heterocycles. The quantitative estimate of drug-likeness (QED) is 0.725. The number of likely N-dealkylation sites (N-methyl/N-ethyl adjacent to an activating group) is 1. The van der Waals surface area contributed by atoms with Crippen LogP contribution in [0.15, 0.2) is 54.6 Å². The lowest BCUT2D eigenvalue weighted by molar-refractivity contribution is -0.116. The van der Waals surface area contributed by atoms with E-state index in [1.165, 1.54) is 5.69 Å². The van der Waals surface area contributed by atoms with E-state index >= 15 is 0 Å². The molecule has 0 unspecified atom stereocenters. The van der Waals surface area contributed by atoms with Crippen LogP contribution in [-0.4, -0.2) is 56.5 Å². The van der Waals surface area contributed by atoms with Crippen molar-refractivity contribution in [1.29, 1.82) is 0 Å². The SMILES string of the molecule is CN1CCN(c2ccc(NC(=O)CCCNC(=O)c3ccccc3)cc2)CC1. The average Bonchev–Trinajstić information content (AvgIpc) is 2.73. The van der Waals surface area contributed by atoms with Gasteiger partial charge in [0.2, 0.25) is 5.91 Å². The molecule has 0 aliphatic carbocycles. The molecule has 0 aromatic heterocycles. The molecule has 2 aromatic carbocycles. The first-order chi connectivity index (χ1) is 13.6. The van der Waals surface area contributed by atoms with Crippen molar-refractivity contribution in [2.75, 3.05) is 50.0 Å². The van der Waals surface area contributed by atoms with Crippen LogP contribution in [0, 0.1) is 0 Å². The molecule has 0 saturated carbocycles. The number of hydrogen-bond acceptors (Lipinski definition) is 4. The maximum Gasteiger partial charge on any atom is 0.251 e. The molecular weight excluding hydrogens is 352 g/mol. The highest BCUT2D eigenvalue weighted by Gasteiger charge is 2.14. The molecule has 0 bridgehead atoms. The normalized spacial score (nSPS) is 14.5. The fraction of sp³-hybridized carbons (Fsp3) is 0.364. The van der Waals surface area contributed by atoms with Gasteiger partial charge < -0.3 is 20.4 Å². The molecule has 3 rings (SSSR count). The summed E-state index contributed by atoms with van der Waals surface area (Å²) in [6, 6.07) is 17.1. The number of nitrogens with one attached hydrogen (secondary N) is 2. The van der Waals surface area contributed by atoms with Crippen molar-refractivity contribution in [2.45, 2.75) is 12.8 Å². The largest absolute Gasteiger partial charge is 0.369 e. The summed E-state index contributed by atoms with van der Waals surface area (Å²) < 4.78 is 0. The minimum absolute atomic E-state index is 0.0405. The highest BCUT2D eigenvalue weighted by molar-refractivity contribution is 5.94. The van der Waals surface area contributed by atoms with Crippen LogP contribution in [-0.2, 0) is 4.79 Å². The Balaban J connectivity index is 1.37. The first-order valence-electron chi connectivity index (χ1n) is 9.78. The topological polar surface area (TPSA) is 64.7 Å². The van der Waals surface area contributed by atoms with E-state index in [-0.39, 0.29) is 11.8 Å². The van der Waals surface area contributed by atoms with Gasteiger partial charge in [0.05, 0.1) is 0 Å². The van der Waals surface area contributed by atoms with E-state index in [1.807, 2.05) is 30.3 Å². The van der Waals surface area contributed by atoms with E-state index in [0.717, 1.165) is 31.9 Å². The van der Waals surface area contributed by atoms with Gasteiger partial charge in [-0.3, -0.25) is 9.59 Å². The molecule has 28 heavy (non-hydrogen) atoms. The summed E-state index contributed by atoms with van der Waals surface area (Å²) in [6.07, 6.45) is 0.971. The molecule has 1 aliphatic rings. The van der Waals surface area contributed by atoms with Crippen molar-refractivity contribution in [3.05, 3.63) is 60.2 Å². The van der Waals surface area contributed by atoms with Gasteiger partial charge in [0.15, 0.2) is 0 Å². The molecule has 6 nitrogen and oxygen atoms in total. The number of carbonyl (C=O) groups is 2. The summed E-state index contributed by atoms with van der Waals surface area (Å²) in [6.45, 7) is 4.66. The fourth-order valence-electron chi connectivity index (χ4n) is 3.19. The van der Waals surface area contributed by atoms with Gasteiger partial charge in [0.25, 0.3) is 5.91 Å². The number of carbonyl (C=O) groups excluding carboxylic acids is 2. The lowest BCUT2D eigenvalue weighted by Gasteiger charge is -2.34. The average molecular weight is 380 g/mol. The van der Waals surface area contributed by atoms with E-state index in [0.29, 0.717) is 24.9 Å². The Labute approximate surface area is 166 Å². The molecular formula is C22H28N4O2. The highest BCUT2D eigenvalue weighted by Crippen LogP contribution is 2.19. The molecule has 1 heterocycles. The van der Waals surface area contributed by atoms with Crippen LogP contribution < -0.4 is 15.5 Å². The van der Waals surface area contributed by atoms with Crippen molar-refractivity contribution in [3.63, 3.8) is 0 Å². The third kappa shape index (κ3) is 5.82. The standard InChI is InChI=1S/C22H28N4O2/c1-25-14-16-26(17-15-25)20-11-9-19(10-12-20)24-21(27)8-5-13-23-22(28)18-6-3-2-4-7-18/h2-4,6-7,9-12H,5,8,13-17H2,1H3,(H,23,28)(H,24,27). The minimum atomic E-state index is -0.111. The van der Waals surface area contributed by atoms with Crippen LogP contribution in [0.3, 0.4) is 0 Å². The number of benzene rings is 2. The number of piperazine rings is 1. The zero-order valence-corrected chi connectivity index (χ0v) is 16.4. The number of nitrogens with zero attached hydrogens (tertiary/aromatic N) is 2. The van der Waals surface area contributed by atoms with Crippen LogP contribution in [0.5, 0.6) is 0 Å². The third-order valence-electron chi connectivity index (χ3n) is 4.92. The Morgan fingerprint density at radius 1 is 0.929 bits per heavy atom. The molecule has 1 aliphatic heterocycles. The summed E-state index contributed by atoms with van der Waals surface area (Å²) in [5, 5.41) is 5.76. The van der Waals surface area contributed by atoms with Crippen molar-refractivity contribution in [2.24, 2.45) is 0 Å². The van der Waals surface area contributed by atoms with E-state index in [2.05, 4.69) is 39.6 Å². The highest BCUT2D eigenvalue weighted by atomic mass is 16.2. The Bertz CT molecular complexity index is 769. The van der Waals surface area contributed by atoms with E-state index in [4.69, 9.17) is 0 Å². The first kappa shape index (κ1) is 19.9. The lowest BCUT2D eigenvalue weighted by atomic mass is 10.2. The Kier molecular flexibility index (Phi) is 7.03. The maximum absolute atomic E-state index is 12.1. The van der Waals surface area contributed by atoms with E-state index in [1.54, 1.807) is 12.1 Å². The molecule has 2 N–H and O–H groups in total. The Morgan fingerprint density at radius 2 is 1.61 bits per heavy atom. The Hall–Kier alpha value is -2.86. The molecule has 0 spiro atoms. The van der Waals surface area contributed by atoms with Gasteiger partial charge in [0.1, 0.15) is 0 Å². The fourth-order valence-corrected chi connectivity index (χ4v) is 3.19. The number of anilines is 2. The summed E-state index contributed by atoms with van der Waals surface area (Å²) in [5.41, 5.74) is 2.62. The van der Waals surface area contributed by atoms with Crippen LogP contribution >= 0.6 is 0 Å². The molecule has 2 aromatic rings. The maximum atomic E-state index is 12.1. The van der Waals surface area contributed by atoms with Crippen molar-refractivity contribution < 1.29 is 9.59 Å². The van der Waals surface area contributed by atoms with Crippen molar-refractivity contribution >= 4 is 23.2 Å². The second kappa shape index (κ2) is 9.90. The minimum Gasteiger partial charge on any atom is -0.369 e. The van der Waals surface area contributed by atoms with Gasteiger partial charge in [-0.05, 0) is 49.9 Å². The smallest absolute Gasteiger partial charge is 0.251 e. The zero-order chi connectivity index (χ0) is 19.8. The van der Waals surface area contributed by atoms with Crippen LogP contribution in [0.4, 0.5) is 11.4 Å². The second-order valence-electron chi connectivity index (χ2n) is 7.11. The van der Waals surface area contributed by atoms with E-state index < -0.39 is 0 Å². The third-order valence-corrected chi connectivity index (χ3v) is 4.92. The lowest BCUT2D eigenvalue weighted by Crippen LogP contribution is -2.44. The van der Waals surface area contributed by atoms with Gasteiger partial charge >= 0.3 is 0 Å². The van der Waals surface area contributed by atoms with Crippen LogP contribution in [0.25, 0.3) is 0 Å². The Morgan fingerprint density at radius 3 is 2.29 bits per heavy atom. The summed E-state index contributed by atoms with van der Waals surface area (Å²) in [4.78, 5) is 28.7. The van der Waals surface area contributed by atoms with E-state index in [9.17, 15) is 9.59 Å². The molecule has 1 fully saturated rings. The predicted octanol–water partition coefficient (Wildman–Crippen LogP) is 2.59. The molecule has 2 amide bonds. The van der Waals surface area contributed by atoms with Gasteiger partial charge in [-0.25, -0.2) is 0 Å². The molecule has 0 radical (unpaired) electrons. The van der Waals surface area contributed by atoms with Gasteiger partial charge in [-0.2, -0.15) is 0 Å². The number of rotatable bonds is 7. The van der Waals surface area contributed by atoms with Crippen LogP contribution in [0.1, 0.15) is 23.2 Å². The van der Waals surface area contributed by atoms with Crippen molar-refractivity contribution in [3.8, 4) is 0 Å². The van der Waals surface area contributed by atoms with Crippen LogP contribution in [0.2, 0.25) is 0 Å². The second-order valence-corrected chi connectivity index (χ2v) is 7.11. The van der Waals surface area contributed by atoms with Gasteiger partial charge in [-0.15, -0.1) is 0 Å². The van der Waals surface area contributed by atoms with Crippen molar-refractivity contribution in [1.82, 2.24) is 10.2 Å². The predicted molar refractivity (Wildman–Crippen MR) is 113 cm³/mol. The molecule has 0 atom stereocenters. The number of amides is 2. The molecule has 6 heteroatoms. The van der Waals surface area contributed by atoms with Gasteiger partial charge in [0, 0.05) is 56.1 Å². The monoisotopic (exact) mass is 380 g/mol. The first-order valence-corrected chi connectivity index (χ1v) is 9.78.